The number of fused-ring (bicyclic) bond motifs is 3. The van der Waals surface area contributed by atoms with Crippen LogP contribution in [0.15, 0.2) is 47.8 Å². The summed E-state index contributed by atoms with van der Waals surface area (Å²) in [4.78, 5) is 24.1. The Morgan fingerprint density at radius 2 is 2.00 bits per heavy atom. The van der Waals surface area contributed by atoms with E-state index in [1.165, 1.54) is 6.33 Å². The molecule has 0 aliphatic carbocycles. The third-order valence-corrected chi connectivity index (χ3v) is 5.73. The van der Waals surface area contributed by atoms with Crippen LogP contribution in [0.25, 0.3) is 21.9 Å². The summed E-state index contributed by atoms with van der Waals surface area (Å²) in [5, 5.41) is 3.98. The Labute approximate surface area is 178 Å². The van der Waals surface area contributed by atoms with Crippen molar-refractivity contribution in [3.05, 3.63) is 58.9 Å². The quantitative estimate of drug-likeness (QED) is 0.303. The first-order valence-electron chi connectivity index (χ1n) is 8.75. The molecule has 4 rings (SSSR count). The molecule has 0 radical (unpaired) electrons. The molecule has 2 aromatic heterocycles. The molecule has 2 heterocycles. The van der Waals surface area contributed by atoms with Crippen molar-refractivity contribution in [2.24, 2.45) is 0 Å². The standard InChI is InChI=1S/C20H14ClF3N4OS/c1-10-2-5-14-12(6-10)17-18(28-14)19(26-9-25-17)30-8-16(29)27-15-7-11(20(22,23)24)3-4-13(15)21/h2-7,9,28H,8H2,1H3,(H,27,29). The summed E-state index contributed by atoms with van der Waals surface area (Å²) < 4.78 is 38.7. The molecule has 0 spiro atoms. The van der Waals surface area contributed by atoms with Gasteiger partial charge in [0.25, 0.3) is 0 Å². The second kappa shape index (κ2) is 7.81. The van der Waals surface area contributed by atoms with Crippen LogP contribution in [0.5, 0.6) is 0 Å². The van der Waals surface area contributed by atoms with E-state index < -0.39 is 17.6 Å². The molecule has 0 saturated heterocycles. The zero-order valence-corrected chi connectivity index (χ0v) is 17.0. The van der Waals surface area contributed by atoms with Crippen LogP contribution < -0.4 is 5.32 Å². The molecule has 154 valence electrons. The molecular formula is C20H14ClF3N4OS. The molecule has 0 aliphatic rings. The lowest BCUT2D eigenvalue weighted by Gasteiger charge is -2.11. The second-order valence-electron chi connectivity index (χ2n) is 6.61. The molecule has 10 heteroatoms. The third kappa shape index (κ3) is 4.08. The lowest BCUT2D eigenvalue weighted by Crippen LogP contribution is -2.15. The number of thioether (sulfide) groups is 1. The van der Waals surface area contributed by atoms with Crippen LogP contribution in [0.4, 0.5) is 18.9 Å². The number of amides is 1. The molecule has 0 unspecified atom stereocenters. The summed E-state index contributed by atoms with van der Waals surface area (Å²) in [5.41, 5.74) is 2.46. The highest BCUT2D eigenvalue weighted by Gasteiger charge is 2.31. The first-order valence-corrected chi connectivity index (χ1v) is 10.1. The first kappa shape index (κ1) is 20.5. The van der Waals surface area contributed by atoms with E-state index in [0.29, 0.717) is 10.5 Å². The number of H-pyrrole nitrogens is 1. The zero-order valence-electron chi connectivity index (χ0n) is 15.5. The summed E-state index contributed by atoms with van der Waals surface area (Å²) in [6.45, 7) is 1.98. The van der Waals surface area contributed by atoms with Crippen LogP contribution in [0.1, 0.15) is 11.1 Å². The fourth-order valence-corrected chi connectivity index (χ4v) is 3.93. The average molecular weight is 451 g/mol. The molecule has 2 N–H and O–H groups in total. The topological polar surface area (TPSA) is 70.7 Å². The number of anilines is 1. The van der Waals surface area contributed by atoms with Crippen molar-refractivity contribution >= 4 is 56.9 Å². The van der Waals surface area contributed by atoms with Gasteiger partial charge >= 0.3 is 6.18 Å². The minimum absolute atomic E-state index is 0.0248. The average Bonchev–Trinajstić information content (AvgIpc) is 3.05. The predicted molar refractivity (Wildman–Crippen MR) is 112 cm³/mol. The minimum Gasteiger partial charge on any atom is -0.351 e. The van der Waals surface area contributed by atoms with Crippen LogP contribution in [0.2, 0.25) is 5.02 Å². The number of hydrogen-bond acceptors (Lipinski definition) is 4. The van der Waals surface area contributed by atoms with Crippen molar-refractivity contribution in [3.63, 3.8) is 0 Å². The van der Waals surface area contributed by atoms with E-state index in [9.17, 15) is 18.0 Å². The zero-order chi connectivity index (χ0) is 21.5. The van der Waals surface area contributed by atoms with Gasteiger partial charge in [-0.25, -0.2) is 9.97 Å². The normalized spacial score (nSPS) is 11.9. The number of nitrogens with zero attached hydrogens (tertiary/aromatic N) is 2. The smallest absolute Gasteiger partial charge is 0.351 e. The number of rotatable bonds is 4. The van der Waals surface area contributed by atoms with Gasteiger partial charge in [0, 0.05) is 10.9 Å². The number of aromatic nitrogens is 3. The van der Waals surface area contributed by atoms with Crippen molar-refractivity contribution in [2.75, 3.05) is 11.1 Å². The Morgan fingerprint density at radius 1 is 1.20 bits per heavy atom. The van der Waals surface area contributed by atoms with Crippen molar-refractivity contribution in [1.82, 2.24) is 15.0 Å². The number of benzene rings is 2. The second-order valence-corrected chi connectivity index (χ2v) is 7.98. The molecule has 0 atom stereocenters. The van der Waals surface area contributed by atoms with E-state index in [-0.39, 0.29) is 16.5 Å². The maximum Gasteiger partial charge on any atom is 0.416 e. The molecule has 0 fully saturated rings. The van der Waals surface area contributed by atoms with Crippen LogP contribution in [-0.4, -0.2) is 26.6 Å². The van der Waals surface area contributed by atoms with Crippen molar-refractivity contribution < 1.29 is 18.0 Å². The van der Waals surface area contributed by atoms with Gasteiger partial charge in [-0.3, -0.25) is 4.79 Å². The fourth-order valence-electron chi connectivity index (χ4n) is 3.01. The van der Waals surface area contributed by atoms with E-state index in [0.717, 1.165) is 51.9 Å². The van der Waals surface area contributed by atoms with Crippen molar-refractivity contribution in [3.8, 4) is 0 Å². The lowest BCUT2D eigenvalue weighted by molar-refractivity contribution is -0.137. The monoisotopic (exact) mass is 450 g/mol. The van der Waals surface area contributed by atoms with E-state index >= 15 is 0 Å². The van der Waals surface area contributed by atoms with Gasteiger partial charge in [0.2, 0.25) is 5.91 Å². The number of nitrogens with one attached hydrogen (secondary N) is 2. The molecule has 0 aliphatic heterocycles. The Morgan fingerprint density at radius 3 is 2.77 bits per heavy atom. The molecule has 0 bridgehead atoms. The highest BCUT2D eigenvalue weighted by atomic mass is 35.5. The number of carbonyl (C=O) groups is 1. The van der Waals surface area contributed by atoms with Crippen molar-refractivity contribution in [1.29, 1.82) is 0 Å². The van der Waals surface area contributed by atoms with Gasteiger partial charge < -0.3 is 10.3 Å². The number of halogens is 4. The van der Waals surface area contributed by atoms with E-state index in [1.807, 2.05) is 25.1 Å². The van der Waals surface area contributed by atoms with Gasteiger partial charge in [0.1, 0.15) is 16.9 Å². The highest BCUT2D eigenvalue weighted by Crippen LogP contribution is 2.34. The molecular weight excluding hydrogens is 437 g/mol. The summed E-state index contributed by atoms with van der Waals surface area (Å²) in [6, 6.07) is 8.72. The summed E-state index contributed by atoms with van der Waals surface area (Å²) in [7, 11) is 0. The van der Waals surface area contributed by atoms with Crippen LogP contribution in [0.3, 0.4) is 0 Å². The summed E-state index contributed by atoms with van der Waals surface area (Å²) >= 11 is 7.08. The molecule has 0 saturated carbocycles. The van der Waals surface area contributed by atoms with E-state index in [2.05, 4.69) is 20.3 Å². The first-order chi connectivity index (χ1) is 14.2. The van der Waals surface area contributed by atoms with E-state index in [4.69, 9.17) is 11.6 Å². The van der Waals surface area contributed by atoms with Gasteiger partial charge in [-0.05, 0) is 37.3 Å². The number of aromatic amines is 1. The summed E-state index contributed by atoms with van der Waals surface area (Å²) in [6.07, 6.45) is -3.11. The highest BCUT2D eigenvalue weighted by molar-refractivity contribution is 8.00. The van der Waals surface area contributed by atoms with Gasteiger partial charge in [-0.2, -0.15) is 13.2 Å². The molecule has 5 nitrogen and oxygen atoms in total. The molecule has 4 aromatic rings. The number of aryl methyl sites for hydroxylation is 1. The van der Waals surface area contributed by atoms with Crippen molar-refractivity contribution in [2.45, 2.75) is 18.1 Å². The lowest BCUT2D eigenvalue weighted by atomic mass is 10.2. The Hall–Kier alpha value is -2.78. The summed E-state index contributed by atoms with van der Waals surface area (Å²) in [5.74, 6) is -0.562. The fraction of sp³-hybridized carbons (Fsp3) is 0.150. The Kier molecular flexibility index (Phi) is 5.33. The molecule has 1 amide bonds. The third-order valence-electron chi connectivity index (χ3n) is 4.41. The number of carbonyl (C=O) groups excluding carboxylic acids is 1. The Balaban J connectivity index is 1.53. The van der Waals surface area contributed by atoms with Crippen LogP contribution >= 0.6 is 23.4 Å². The largest absolute Gasteiger partial charge is 0.416 e. The maximum atomic E-state index is 12.9. The van der Waals surface area contributed by atoms with Gasteiger partial charge in [-0.1, -0.05) is 35.0 Å². The van der Waals surface area contributed by atoms with Crippen LogP contribution in [0, 0.1) is 6.92 Å². The van der Waals surface area contributed by atoms with Gasteiger partial charge in [0.05, 0.1) is 27.5 Å². The van der Waals surface area contributed by atoms with Crippen LogP contribution in [-0.2, 0) is 11.0 Å². The van der Waals surface area contributed by atoms with Gasteiger partial charge in [0.15, 0.2) is 0 Å². The number of hydrogen-bond donors (Lipinski definition) is 2. The maximum absolute atomic E-state index is 12.9. The SMILES string of the molecule is Cc1ccc2[nH]c3c(SCC(=O)Nc4cc(C(F)(F)F)ccc4Cl)ncnc3c2c1. The Bertz CT molecular complexity index is 1270. The van der Waals surface area contributed by atoms with E-state index in [1.54, 1.807) is 0 Å². The molecule has 30 heavy (non-hydrogen) atoms. The number of alkyl halides is 3. The van der Waals surface area contributed by atoms with Gasteiger partial charge in [-0.15, -0.1) is 0 Å². The predicted octanol–water partition coefficient (Wildman–Crippen LogP) is 5.82. The minimum atomic E-state index is -4.53. The molecule has 2 aromatic carbocycles.